The first-order chi connectivity index (χ1) is 14.5. The summed E-state index contributed by atoms with van der Waals surface area (Å²) in [6, 6.07) is 5.62. The molecule has 2 aromatic rings. The number of ether oxygens (including phenoxy) is 2. The van der Waals surface area contributed by atoms with Gasteiger partial charge in [0, 0.05) is 32.1 Å². The van der Waals surface area contributed by atoms with Crippen LogP contribution in [0.3, 0.4) is 0 Å². The van der Waals surface area contributed by atoms with Crippen LogP contribution in [0.2, 0.25) is 0 Å². The first kappa shape index (κ1) is 20.5. The van der Waals surface area contributed by atoms with E-state index >= 15 is 0 Å². The maximum atomic E-state index is 13.1. The lowest BCUT2D eigenvalue weighted by atomic mass is 9.95. The van der Waals surface area contributed by atoms with Crippen molar-refractivity contribution in [3.63, 3.8) is 0 Å². The number of benzene rings is 1. The van der Waals surface area contributed by atoms with Gasteiger partial charge in [-0.25, -0.2) is 9.48 Å². The SMILES string of the molecule is COc1cccc(C(=O)N2CCC(c3nn(C)c(=O)n3C3CCCC3)CC2)c1OC. The molecule has 2 fully saturated rings. The van der Waals surface area contributed by atoms with Crippen LogP contribution in [0.1, 0.15) is 66.7 Å². The number of methoxy groups -OCH3 is 2. The summed E-state index contributed by atoms with van der Waals surface area (Å²) >= 11 is 0. The fraction of sp³-hybridized carbons (Fsp3) is 0.591. The lowest BCUT2D eigenvalue weighted by Crippen LogP contribution is -2.39. The van der Waals surface area contributed by atoms with Gasteiger partial charge in [0.2, 0.25) is 0 Å². The van der Waals surface area contributed by atoms with Crippen molar-refractivity contribution in [1.82, 2.24) is 19.2 Å². The largest absolute Gasteiger partial charge is 0.493 e. The van der Waals surface area contributed by atoms with Crippen molar-refractivity contribution in [3.8, 4) is 11.5 Å². The maximum Gasteiger partial charge on any atom is 0.345 e. The first-order valence-corrected chi connectivity index (χ1v) is 10.7. The minimum Gasteiger partial charge on any atom is -0.493 e. The molecule has 4 rings (SSSR count). The molecule has 8 heteroatoms. The number of piperidine rings is 1. The van der Waals surface area contributed by atoms with Gasteiger partial charge in [-0.15, -0.1) is 0 Å². The molecule has 0 bridgehead atoms. The van der Waals surface area contributed by atoms with E-state index in [2.05, 4.69) is 5.10 Å². The van der Waals surface area contributed by atoms with Crippen LogP contribution in [0, 0.1) is 0 Å². The molecule has 0 spiro atoms. The summed E-state index contributed by atoms with van der Waals surface area (Å²) < 4.78 is 14.2. The van der Waals surface area contributed by atoms with Crippen molar-refractivity contribution in [3.05, 3.63) is 40.1 Å². The fourth-order valence-electron chi connectivity index (χ4n) is 4.85. The third-order valence-corrected chi connectivity index (χ3v) is 6.45. The molecule has 30 heavy (non-hydrogen) atoms. The van der Waals surface area contributed by atoms with Gasteiger partial charge in [-0.2, -0.15) is 5.10 Å². The Kier molecular flexibility index (Phi) is 5.83. The Labute approximate surface area is 176 Å². The number of para-hydroxylation sites is 1. The second kappa shape index (κ2) is 8.53. The second-order valence-electron chi connectivity index (χ2n) is 8.18. The van der Waals surface area contributed by atoms with Gasteiger partial charge in [0.1, 0.15) is 5.82 Å². The Morgan fingerprint density at radius 3 is 2.40 bits per heavy atom. The Morgan fingerprint density at radius 2 is 1.77 bits per heavy atom. The van der Waals surface area contributed by atoms with Crippen molar-refractivity contribution in [2.45, 2.75) is 50.5 Å². The van der Waals surface area contributed by atoms with Crippen LogP contribution in [0.4, 0.5) is 0 Å². The highest BCUT2D eigenvalue weighted by Crippen LogP contribution is 2.35. The molecule has 1 aliphatic heterocycles. The van der Waals surface area contributed by atoms with Crippen LogP contribution in [-0.2, 0) is 7.05 Å². The molecule has 0 unspecified atom stereocenters. The third-order valence-electron chi connectivity index (χ3n) is 6.45. The van der Waals surface area contributed by atoms with Gasteiger partial charge in [-0.1, -0.05) is 18.9 Å². The molecule has 2 aliphatic rings. The Hall–Kier alpha value is -2.77. The predicted octanol–water partition coefficient (Wildman–Crippen LogP) is 2.73. The molecular weight excluding hydrogens is 384 g/mol. The van der Waals surface area contributed by atoms with Crippen LogP contribution in [0.25, 0.3) is 0 Å². The molecule has 1 amide bonds. The molecule has 0 N–H and O–H groups in total. The van der Waals surface area contributed by atoms with E-state index in [1.165, 1.54) is 17.5 Å². The summed E-state index contributed by atoms with van der Waals surface area (Å²) in [5.41, 5.74) is 0.493. The summed E-state index contributed by atoms with van der Waals surface area (Å²) in [4.78, 5) is 27.7. The van der Waals surface area contributed by atoms with E-state index in [0.29, 0.717) is 30.2 Å². The van der Waals surface area contributed by atoms with Gasteiger partial charge in [0.15, 0.2) is 11.5 Å². The van der Waals surface area contributed by atoms with Gasteiger partial charge >= 0.3 is 5.69 Å². The van der Waals surface area contributed by atoms with Crippen molar-refractivity contribution in [2.24, 2.45) is 7.05 Å². The molecule has 0 atom stereocenters. The number of hydrogen-bond donors (Lipinski definition) is 0. The van der Waals surface area contributed by atoms with E-state index in [0.717, 1.165) is 31.5 Å². The van der Waals surface area contributed by atoms with Crippen molar-refractivity contribution in [1.29, 1.82) is 0 Å². The van der Waals surface area contributed by atoms with E-state index in [9.17, 15) is 9.59 Å². The zero-order valence-corrected chi connectivity index (χ0v) is 18.0. The molecule has 1 aliphatic carbocycles. The number of likely N-dealkylation sites (tertiary alicyclic amines) is 1. The number of rotatable bonds is 5. The molecular formula is C22H30N4O4. The van der Waals surface area contributed by atoms with Crippen LogP contribution in [0.5, 0.6) is 11.5 Å². The average Bonchev–Trinajstić information content (AvgIpc) is 3.41. The zero-order valence-electron chi connectivity index (χ0n) is 18.0. The number of carbonyl (C=O) groups excluding carboxylic acids is 1. The molecule has 2 heterocycles. The summed E-state index contributed by atoms with van der Waals surface area (Å²) in [6.45, 7) is 1.25. The number of carbonyl (C=O) groups is 1. The Balaban J connectivity index is 1.51. The second-order valence-corrected chi connectivity index (χ2v) is 8.18. The van der Waals surface area contributed by atoms with Crippen LogP contribution in [-0.4, -0.2) is 52.5 Å². The number of hydrogen-bond acceptors (Lipinski definition) is 5. The third kappa shape index (κ3) is 3.59. The average molecular weight is 415 g/mol. The highest BCUT2D eigenvalue weighted by atomic mass is 16.5. The topological polar surface area (TPSA) is 78.6 Å². The summed E-state index contributed by atoms with van der Waals surface area (Å²) in [6.07, 6.45) is 6.01. The summed E-state index contributed by atoms with van der Waals surface area (Å²) in [5, 5.41) is 4.58. The fourth-order valence-corrected chi connectivity index (χ4v) is 4.85. The quantitative estimate of drug-likeness (QED) is 0.752. The van der Waals surface area contributed by atoms with Crippen LogP contribution in [0.15, 0.2) is 23.0 Å². The number of amides is 1. The summed E-state index contributed by atoms with van der Waals surface area (Å²) in [7, 11) is 4.84. The Bertz CT molecular complexity index is 966. The van der Waals surface area contributed by atoms with Crippen molar-refractivity contribution >= 4 is 5.91 Å². The van der Waals surface area contributed by atoms with Crippen molar-refractivity contribution < 1.29 is 14.3 Å². The molecule has 1 aromatic carbocycles. The Morgan fingerprint density at radius 1 is 1.07 bits per heavy atom. The highest BCUT2D eigenvalue weighted by molar-refractivity contribution is 5.97. The lowest BCUT2D eigenvalue weighted by molar-refractivity contribution is 0.0705. The maximum absolute atomic E-state index is 13.1. The molecule has 8 nitrogen and oxygen atoms in total. The van der Waals surface area contributed by atoms with E-state index in [-0.39, 0.29) is 23.6 Å². The first-order valence-electron chi connectivity index (χ1n) is 10.7. The minimum atomic E-state index is -0.0570. The number of nitrogens with zero attached hydrogens (tertiary/aromatic N) is 4. The van der Waals surface area contributed by atoms with Gasteiger partial charge < -0.3 is 14.4 Å². The molecule has 1 saturated heterocycles. The highest BCUT2D eigenvalue weighted by Gasteiger charge is 2.32. The zero-order chi connectivity index (χ0) is 21.3. The molecule has 162 valence electrons. The summed E-state index contributed by atoms with van der Waals surface area (Å²) in [5.74, 6) is 2.04. The minimum absolute atomic E-state index is 0.0171. The molecule has 0 radical (unpaired) electrons. The van der Waals surface area contributed by atoms with E-state index < -0.39 is 0 Å². The predicted molar refractivity (Wildman–Crippen MR) is 112 cm³/mol. The number of aromatic nitrogens is 3. The normalized spacial score (nSPS) is 18.0. The van der Waals surface area contributed by atoms with Crippen molar-refractivity contribution in [2.75, 3.05) is 27.3 Å². The van der Waals surface area contributed by atoms with E-state index in [1.807, 2.05) is 9.47 Å². The molecule has 1 saturated carbocycles. The van der Waals surface area contributed by atoms with Gasteiger partial charge in [0.25, 0.3) is 5.91 Å². The number of aryl methyl sites for hydroxylation is 1. The standard InChI is InChI=1S/C22H30N4O4/c1-24-22(28)26(16-7-4-5-8-16)20(23-24)15-11-13-25(14-12-15)21(27)17-9-6-10-18(29-2)19(17)30-3/h6,9-10,15-16H,4-5,7-8,11-14H2,1-3H3. The lowest BCUT2D eigenvalue weighted by Gasteiger charge is -2.32. The monoisotopic (exact) mass is 414 g/mol. The van der Waals surface area contributed by atoms with Crippen LogP contribution < -0.4 is 15.2 Å². The van der Waals surface area contributed by atoms with Gasteiger partial charge in [0.05, 0.1) is 19.8 Å². The molecule has 1 aromatic heterocycles. The smallest absolute Gasteiger partial charge is 0.345 e. The van der Waals surface area contributed by atoms with Gasteiger partial charge in [-0.3, -0.25) is 9.36 Å². The van der Waals surface area contributed by atoms with Crippen LogP contribution >= 0.6 is 0 Å². The van der Waals surface area contributed by atoms with E-state index in [1.54, 1.807) is 39.5 Å². The van der Waals surface area contributed by atoms with E-state index in [4.69, 9.17) is 9.47 Å². The van der Waals surface area contributed by atoms with Gasteiger partial charge in [-0.05, 0) is 37.8 Å².